The molecule has 0 rings (SSSR count). The van der Waals surface area contributed by atoms with Crippen LogP contribution in [-0.4, -0.2) is 156 Å². The summed E-state index contributed by atoms with van der Waals surface area (Å²) < 4.78 is 516. The average molecular weight is 1360 g/mol. The molecule has 0 aromatic carbocycles. The van der Waals surface area contributed by atoms with Crippen LogP contribution in [0.4, 0.5) is 180 Å². The first kappa shape index (κ1) is 85.0. The van der Waals surface area contributed by atoms with Crippen molar-refractivity contribution in [1.29, 1.82) is 0 Å². The average Bonchev–Trinajstić information content (AvgIpc) is 3.19. The second-order valence-corrected chi connectivity index (χ2v) is 30.2. The van der Waals surface area contributed by atoms with E-state index < -0.39 is 178 Å². The molecule has 0 amide bonds. The van der Waals surface area contributed by atoms with Gasteiger partial charge in [-0.3, -0.25) is 0 Å². The van der Waals surface area contributed by atoms with Gasteiger partial charge in [-0.05, 0) is 50.9 Å². The maximum Gasteiger partial charge on any atom is 0.460 e. The minimum atomic E-state index is -8.62. The molecule has 0 saturated heterocycles. The lowest BCUT2D eigenvalue weighted by Gasteiger charge is -2.43. The van der Waals surface area contributed by atoms with Crippen LogP contribution in [0.5, 0.6) is 0 Å². The van der Waals surface area contributed by atoms with E-state index in [9.17, 15) is 180 Å². The van der Waals surface area contributed by atoms with Crippen molar-refractivity contribution in [2.75, 3.05) is 13.2 Å². The van der Waals surface area contributed by atoms with Crippen LogP contribution in [0.1, 0.15) is 25.7 Å². The topological polar surface area (TPSA) is 102 Å². The first-order chi connectivity index (χ1) is 34.2. The Morgan fingerprint density at radius 3 is 0.679 bits per heavy atom. The molecule has 0 aliphatic heterocycles. The Morgan fingerprint density at radius 1 is 0.284 bits per heavy atom. The fourth-order valence-corrected chi connectivity index (χ4v) is 14.1. The van der Waals surface area contributed by atoms with Crippen LogP contribution in [-0.2, 0) is 4.12 Å². The Balaban J connectivity index is -0.000000523. The van der Waals surface area contributed by atoms with E-state index in [4.69, 9.17) is 25.1 Å². The molecule has 6 N–H and O–H groups in total. The van der Waals surface area contributed by atoms with Crippen molar-refractivity contribution in [1.82, 2.24) is 0 Å². The van der Waals surface area contributed by atoms with Gasteiger partial charge in [-0.25, -0.2) is 0 Å². The molecule has 81 heavy (non-hydrogen) atoms. The number of rotatable bonds is 22. The highest BCUT2D eigenvalue weighted by Gasteiger charge is 2.95. The van der Waals surface area contributed by atoms with Gasteiger partial charge in [-0.2, -0.15) is 180 Å². The van der Waals surface area contributed by atoms with Gasteiger partial charge in [0.2, 0.25) is 0 Å². The standard InChI is InChI=1S/C11H11F17N2Si.C10H20F6OSi2.C8H5F13O.C3H3F5O/c1-31(29,30)3-2-4(12,13)5(14,15)6(16,17)7(18,19)8(20,21)9(22,23)10(24,25)11(26,27)28;1-18(2,7-5-9(11,12)13)17-19(3,4)8-6-10(14,15)16;9-3(10,1-2-22)4(11,12)5(13,14)6(15,16)7(17,18)8(19,20)21;4-2(5,1-9)3(6,7)8/h2-3,29-30H2,1H3;5-8H2,1-4H3;22H,1-2H2;9H,1H2. The maximum absolute atomic E-state index is 13.5. The molecular weight excluding hydrogens is 1320 g/mol. The van der Waals surface area contributed by atoms with E-state index in [1.54, 1.807) is 26.2 Å². The summed E-state index contributed by atoms with van der Waals surface area (Å²) in [4.78, 5) is 0. The van der Waals surface area contributed by atoms with Crippen LogP contribution in [0.2, 0.25) is 50.9 Å². The number of aliphatic hydroxyl groups excluding tert-OH is 2. The third kappa shape index (κ3) is 20.1. The molecule has 0 aromatic rings. The Morgan fingerprint density at radius 2 is 0.506 bits per heavy atom. The van der Waals surface area contributed by atoms with E-state index in [1.807, 2.05) is 0 Å². The predicted octanol–water partition coefficient (Wildman–Crippen LogP) is 16.0. The van der Waals surface area contributed by atoms with Gasteiger partial charge in [0.15, 0.2) is 25.0 Å². The molecule has 0 aromatic heterocycles. The highest BCUT2D eigenvalue weighted by Crippen LogP contribution is 2.65. The van der Waals surface area contributed by atoms with Gasteiger partial charge in [0.25, 0.3) is 0 Å². The molecule has 5 nitrogen and oxygen atoms in total. The second-order valence-electron chi connectivity index (χ2n) is 17.8. The molecule has 49 heteroatoms. The van der Waals surface area contributed by atoms with Gasteiger partial charge in [0, 0.05) is 32.3 Å². The SMILES string of the molecule is C[Si](C)(CCC(F)(F)F)O[Si](C)(C)CCC(F)(F)F.C[Si](N)(N)CCC(F)(F)C(F)(F)C(F)(F)C(F)(F)C(F)(F)C(F)(F)C(F)(F)C(F)(F)F.OCC(F)(F)C(F)(F)F.OCCC(F)(F)C(F)(F)C(F)(F)C(F)(F)C(F)(F)C(F)(F)F. The molecule has 0 aliphatic rings. The Hall–Kier alpha value is -2.42. The highest BCUT2D eigenvalue weighted by molar-refractivity contribution is 6.84. The molecule has 0 heterocycles. The predicted molar refractivity (Wildman–Crippen MR) is 198 cm³/mol. The number of halogens is 41. The zero-order chi connectivity index (χ0) is 67.6. The van der Waals surface area contributed by atoms with Gasteiger partial charge < -0.3 is 25.1 Å². The molecular formula is C32H39F41N2O3Si3. The Labute approximate surface area is 428 Å². The van der Waals surface area contributed by atoms with Crippen molar-refractivity contribution < 1.29 is 194 Å². The third-order valence-corrected chi connectivity index (χ3v) is 18.0. The van der Waals surface area contributed by atoms with Crippen molar-refractivity contribution in [3.63, 3.8) is 0 Å². The van der Waals surface area contributed by atoms with Crippen molar-refractivity contribution in [2.45, 2.75) is 184 Å². The number of nitrogens with two attached hydrogens (primary N) is 2. The molecule has 0 spiro atoms. The molecule has 0 radical (unpaired) electrons. The summed E-state index contributed by atoms with van der Waals surface area (Å²) >= 11 is 0. The number of alkyl halides is 41. The Bertz CT molecular complexity index is 1910. The quantitative estimate of drug-likeness (QED) is 0.0639. The molecule has 0 unspecified atom stereocenters. The lowest BCUT2D eigenvalue weighted by atomic mass is 9.88. The molecule has 0 bridgehead atoms. The van der Waals surface area contributed by atoms with Crippen LogP contribution in [0, 0.1) is 0 Å². The van der Waals surface area contributed by atoms with Crippen LogP contribution in [0.3, 0.4) is 0 Å². The van der Waals surface area contributed by atoms with Crippen molar-refractivity contribution in [2.24, 2.45) is 10.8 Å². The van der Waals surface area contributed by atoms with Crippen LogP contribution in [0.15, 0.2) is 0 Å². The minimum Gasteiger partial charge on any atom is -0.455 e. The fourth-order valence-electron chi connectivity index (χ4n) is 4.70. The normalized spacial score (nSPS) is 15.8. The first-order valence-electron chi connectivity index (χ1n) is 19.9. The molecule has 0 atom stereocenters. The van der Waals surface area contributed by atoms with E-state index in [-0.39, 0.29) is 12.1 Å². The van der Waals surface area contributed by atoms with E-state index in [2.05, 4.69) is 0 Å². The van der Waals surface area contributed by atoms with Gasteiger partial charge in [0.05, 0.1) is 0 Å². The lowest BCUT2D eigenvalue weighted by Crippen LogP contribution is -2.74. The van der Waals surface area contributed by atoms with Crippen molar-refractivity contribution in [3.05, 3.63) is 0 Å². The summed E-state index contributed by atoms with van der Waals surface area (Å²) in [6.45, 7) is 3.10. The third-order valence-electron chi connectivity index (χ3n) is 9.38. The lowest BCUT2D eigenvalue weighted by molar-refractivity contribution is -0.461. The first-order valence-corrected chi connectivity index (χ1v) is 29.0. The summed E-state index contributed by atoms with van der Waals surface area (Å²) in [6.07, 6.45) is -36.3. The van der Waals surface area contributed by atoms with E-state index in [0.29, 0.717) is 0 Å². The second kappa shape index (κ2) is 25.5. The van der Waals surface area contributed by atoms with Crippen molar-refractivity contribution >= 4 is 25.0 Å². The monoisotopic (exact) mass is 1360 g/mol. The van der Waals surface area contributed by atoms with Crippen LogP contribution in [0.25, 0.3) is 0 Å². The summed E-state index contributed by atoms with van der Waals surface area (Å²) in [7, 11) is -8.94. The maximum atomic E-state index is 13.5. The number of hydrogen-bond donors (Lipinski definition) is 4. The number of aliphatic hydroxyl groups is 2. The minimum absolute atomic E-state index is 0.112. The molecule has 494 valence electrons. The van der Waals surface area contributed by atoms with Gasteiger partial charge in [-0.1, -0.05) is 0 Å². The summed E-state index contributed by atoms with van der Waals surface area (Å²) in [5, 5.41) is 25.4. The zero-order valence-electron chi connectivity index (χ0n) is 39.8. The highest BCUT2D eigenvalue weighted by atomic mass is 28.4. The largest absolute Gasteiger partial charge is 0.460 e. The summed E-state index contributed by atoms with van der Waals surface area (Å²) in [5.41, 5.74) is 0. The smallest absolute Gasteiger partial charge is 0.455 e. The van der Waals surface area contributed by atoms with E-state index in [0.717, 1.165) is 6.55 Å². The van der Waals surface area contributed by atoms with E-state index >= 15 is 0 Å². The van der Waals surface area contributed by atoms with Crippen molar-refractivity contribution in [3.8, 4) is 0 Å². The summed E-state index contributed by atoms with van der Waals surface area (Å²) in [5.74, 6) is -98.1. The molecule has 0 fully saturated rings. The summed E-state index contributed by atoms with van der Waals surface area (Å²) in [6, 6.07) is -1.67. The zero-order valence-corrected chi connectivity index (χ0v) is 42.8. The molecule has 0 saturated carbocycles. The van der Waals surface area contributed by atoms with Gasteiger partial charge in [0.1, 0.15) is 6.61 Å². The number of hydrogen-bond acceptors (Lipinski definition) is 5. The van der Waals surface area contributed by atoms with Crippen LogP contribution < -0.4 is 10.8 Å². The fraction of sp³-hybridized carbons (Fsp3) is 1.00. The van der Waals surface area contributed by atoms with Gasteiger partial charge >= 0.3 is 108 Å². The molecule has 0 aliphatic carbocycles. The van der Waals surface area contributed by atoms with Crippen LogP contribution >= 0.6 is 0 Å². The van der Waals surface area contributed by atoms with Gasteiger partial charge in [-0.15, -0.1) is 0 Å². The Kier molecular flexibility index (Phi) is 26.8. The van der Waals surface area contributed by atoms with E-state index in [1.165, 1.54) is 0 Å².